The van der Waals surface area contributed by atoms with E-state index < -0.39 is 0 Å². The molecule has 1 amide bonds. The Balaban J connectivity index is 2.14. The molecule has 0 spiro atoms. The highest BCUT2D eigenvalue weighted by atomic mass is 79.9. The van der Waals surface area contributed by atoms with Gasteiger partial charge in [-0.15, -0.1) is 0 Å². The lowest BCUT2D eigenvalue weighted by atomic mass is 9.94. The van der Waals surface area contributed by atoms with E-state index in [-0.39, 0.29) is 11.4 Å². The minimum atomic E-state index is -0.295. The Labute approximate surface area is 120 Å². The van der Waals surface area contributed by atoms with E-state index in [0.29, 0.717) is 17.2 Å². The molecule has 0 radical (unpaired) electrons. The van der Waals surface area contributed by atoms with Gasteiger partial charge >= 0.3 is 0 Å². The van der Waals surface area contributed by atoms with Crippen molar-refractivity contribution in [2.45, 2.75) is 25.3 Å². The molecule has 0 aromatic heterocycles. The van der Waals surface area contributed by atoms with Crippen molar-refractivity contribution in [3.8, 4) is 0 Å². The molecule has 98 valence electrons. The molecule has 1 atom stereocenters. The molecule has 1 aliphatic heterocycles. The van der Waals surface area contributed by atoms with Gasteiger partial charge in [-0.2, -0.15) is 0 Å². The highest BCUT2D eigenvalue weighted by Crippen LogP contribution is 2.23. The number of rotatable bonds is 2. The van der Waals surface area contributed by atoms with Crippen LogP contribution < -0.4 is 5.32 Å². The Morgan fingerprint density at radius 3 is 3.00 bits per heavy atom. The lowest BCUT2D eigenvalue weighted by Gasteiger charge is -2.34. The predicted octanol–water partition coefficient (Wildman–Crippen LogP) is 3.40. The molecule has 18 heavy (non-hydrogen) atoms. The molecule has 1 aromatic rings. The van der Waals surface area contributed by atoms with E-state index in [1.165, 1.54) is 0 Å². The van der Waals surface area contributed by atoms with Gasteiger partial charge in [-0.3, -0.25) is 4.79 Å². The molecule has 1 saturated heterocycles. The molecule has 0 bridgehead atoms. The molecule has 2 rings (SSSR count). The van der Waals surface area contributed by atoms with E-state index in [4.69, 9.17) is 16.3 Å². The van der Waals surface area contributed by atoms with Crippen LogP contribution in [0.2, 0.25) is 5.02 Å². The first-order chi connectivity index (χ1) is 8.50. The highest BCUT2D eigenvalue weighted by Gasteiger charge is 2.30. The first-order valence-corrected chi connectivity index (χ1v) is 7.03. The lowest BCUT2D eigenvalue weighted by molar-refractivity contribution is 0.0272. The van der Waals surface area contributed by atoms with Crippen molar-refractivity contribution in [3.63, 3.8) is 0 Å². The average Bonchev–Trinajstić information content (AvgIpc) is 2.32. The van der Waals surface area contributed by atoms with Crippen LogP contribution in [0.5, 0.6) is 0 Å². The number of ether oxygens (including phenoxy) is 1. The van der Waals surface area contributed by atoms with Crippen LogP contribution in [-0.4, -0.2) is 24.7 Å². The molecule has 0 aliphatic carbocycles. The van der Waals surface area contributed by atoms with Crippen molar-refractivity contribution in [2.24, 2.45) is 0 Å². The van der Waals surface area contributed by atoms with Crippen LogP contribution in [0.25, 0.3) is 0 Å². The number of amides is 1. The highest BCUT2D eigenvalue weighted by molar-refractivity contribution is 9.10. The third-order valence-electron chi connectivity index (χ3n) is 3.03. The summed E-state index contributed by atoms with van der Waals surface area (Å²) in [6.07, 6.45) is 1.89. The van der Waals surface area contributed by atoms with Gasteiger partial charge in [0.05, 0.1) is 17.7 Å². The lowest BCUT2D eigenvalue weighted by Crippen LogP contribution is -2.51. The minimum absolute atomic E-state index is 0.127. The summed E-state index contributed by atoms with van der Waals surface area (Å²) in [5.74, 6) is -0.127. The Morgan fingerprint density at radius 2 is 2.33 bits per heavy atom. The second-order valence-electron chi connectivity index (χ2n) is 4.80. The van der Waals surface area contributed by atoms with E-state index in [9.17, 15) is 4.79 Å². The van der Waals surface area contributed by atoms with E-state index >= 15 is 0 Å². The fourth-order valence-corrected chi connectivity index (χ4v) is 2.64. The molecule has 1 heterocycles. The average molecular weight is 333 g/mol. The standard InChI is InChI=1S/C13H15BrClNO2/c1-13(5-2-6-18-8-13)16-12(17)10-7-9(15)3-4-11(10)14/h3-4,7H,2,5-6,8H2,1H3,(H,16,17)/t13-/m1/s1. The van der Waals surface area contributed by atoms with Crippen molar-refractivity contribution >= 4 is 33.4 Å². The van der Waals surface area contributed by atoms with E-state index in [0.717, 1.165) is 23.9 Å². The monoisotopic (exact) mass is 331 g/mol. The van der Waals surface area contributed by atoms with Crippen molar-refractivity contribution in [1.82, 2.24) is 5.32 Å². The van der Waals surface area contributed by atoms with Gasteiger partial charge in [0.25, 0.3) is 5.91 Å². The number of hydrogen-bond acceptors (Lipinski definition) is 2. The fraction of sp³-hybridized carbons (Fsp3) is 0.462. The zero-order chi connectivity index (χ0) is 13.2. The molecule has 5 heteroatoms. The van der Waals surface area contributed by atoms with Crippen LogP contribution in [0, 0.1) is 0 Å². The third-order valence-corrected chi connectivity index (χ3v) is 3.95. The van der Waals surface area contributed by atoms with Gasteiger partial charge in [0.15, 0.2) is 0 Å². The molecule has 0 saturated carbocycles. The zero-order valence-electron chi connectivity index (χ0n) is 10.1. The van der Waals surface area contributed by atoms with Crippen molar-refractivity contribution in [3.05, 3.63) is 33.3 Å². The first-order valence-electron chi connectivity index (χ1n) is 5.85. The largest absolute Gasteiger partial charge is 0.379 e. The molecule has 1 aliphatic rings. The second-order valence-corrected chi connectivity index (χ2v) is 6.09. The van der Waals surface area contributed by atoms with Crippen LogP contribution >= 0.6 is 27.5 Å². The van der Waals surface area contributed by atoms with Gasteiger partial charge in [0, 0.05) is 16.1 Å². The van der Waals surface area contributed by atoms with Crippen LogP contribution in [0.3, 0.4) is 0 Å². The quantitative estimate of drug-likeness (QED) is 0.901. The molecule has 3 nitrogen and oxygen atoms in total. The first kappa shape index (κ1) is 13.8. The summed E-state index contributed by atoms with van der Waals surface area (Å²) in [6, 6.07) is 5.18. The number of halogens is 2. The topological polar surface area (TPSA) is 38.3 Å². The molecule has 1 N–H and O–H groups in total. The summed E-state index contributed by atoms with van der Waals surface area (Å²) >= 11 is 9.28. The summed E-state index contributed by atoms with van der Waals surface area (Å²) in [4.78, 5) is 12.2. The van der Waals surface area contributed by atoms with Gasteiger partial charge in [0.2, 0.25) is 0 Å². The Bertz CT molecular complexity index is 458. The second kappa shape index (κ2) is 5.59. The van der Waals surface area contributed by atoms with Crippen molar-refractivity contribution in [1.29, 1.82) is 0 Å². The fourth-order valence-electron chi connectivity index (χ4n) is 2.05. The van der Waals surface area contributed by atoms with Gasteiger partial charge in [-0.05, 0) is 53.9 Å². The summed E-state index contributed by atoms with van der Waals surface area (Å²) in [6.45, 7) is 3.33. The van der Waals surface area contributed by atoms with Crippen LogP contribution in [0.15, 0.2) is 22.7 Å². The number of carbonyl (C=O) groups excluding carboxylic acids is 1. The summed E-state index contributed by atoms with van der Waals surface area (Å²) < 4.78 is 6.16. The molecule has 1 aromatic carbocycles. The maximum Gasteiger partial charge on any atom is 0.252 e. The third kappa shape index (κ3) is 3.25. The summed E-state index contributed by atoms with van der Waals surface area (Å²) in [7, 11) is 0. The summed E-state index contributed by atoms with van der Waals surface area (Å²) in [5.41, 5.74) is 0.256. The van der Waals surface area contributed by atoms with Gasteiger partial charge in [-0.25, -0.2) is 0 Å². The minimum Gasteiger partial charge on any atom is -0.379 e. The molecule has 1 fully saturated rings. The number of benzene rings is 1. The molecular formula is C13H15BrClNO2. The molecular weight excluding hydrogens is 318 g/mol. The predicted molar refractivity (Wildman–Crippen MR) is 75.1 cm³/mol. The van der Waals surface area contributed by atoms with Crippen molar-refractivity contribution < 1.29 is 9.53 Å². The number of nitrogens with one attached hydrogen (secondary N) is 1. The van der Waals surface area contributed by atoms with Crippen molar-refractivity contribution in [2.75, 3.05) is 13.2 Å². The van der Waals surface area contributed by atoms with Crippen LogP contribution in [0.4, 0.5) is 0 Å². The Hall–Kier alpha value is -0.580. The van der Waals surface area contributed by atoms with E-state index in [1.807, 2.05) is 6.92 Å². The van der Waals surface area contributed by atoms with Gasteiger partial charge in [0.1, 0.15) is 0 Å². The van der Waals surface area contributed by atoms with Crippen LogP contribution in [0.1, 0.15) is 30.1 Å². The Kier molecular flexibility index (Phi) is 4.30. The van der Waals surface area contributed by atoms with E-state index in [2.05, 4.69) is 21.2 Å². The van der Waals surface area contributed by atoms with E-state index in [1.54, 1.807) is 18.2 Å². The molecule has 0 unspecified atom stereocenters. The van der Waals surface area contributed by atoms with Gasteiger partial charge < -0.3 is 10.1 Å². The Morgan fingerprint density at radius 1 is 1.56 bits per heavy atom. The maximum absolute atomic E-state index is 12.2. The number of carbonyl (C=O) groups is 1. The smallest absolute Gasteiger partial charge is 0.252 e. The number of hydrogen-bond donors (Lipinski definition) is 1. The summed E-state index contributed by atoms with van der Waals surface area (Å²) in [5, 5.41) is 3.58. The van der Waals surface area contributed by atoms with Gasteiger partial charge in [-0.1, -0.05) is 11.6 Å². The maximum atomic E-state index is 12.2. The SMILES string of the molecule is C[C@@]1(NC(=O)c2cc(Cl)ccc2Br)CCCOC1. The normalized spacial score (nSPS) is 23.7. The van der Waals surface area contributed by atoms with Crippen LogP contribution in [-0.2, 0) is 4.74 Å². The zero-order valence-corrected chi connectivity index (χ0v) is 12.5.